The van der Waals surface area contributed by atoms with E-state index in [2.05, 4.69) is 35.5 Å². The monoisotopic (exact) mass is 458 g/mol. The summed E-state index contributed by atoms with van der Waals surface area (Å²) in [6.07, 6.45) is 11.8. The van der Waals surface area contributed by atoms with E-state index >= 15 is 0 Å². The van der Waals surface area contributed by atoms with Gasteiger partial charge in [-0.2, -0.15) is 0 Å². The van der Waals surface area contributed by atoms with Crippen LogP contribution in [0.5, 0.6) is 0 Å². The van der Waals surface area contributed by atoms with Crippen LogP contribution in [0.3, 0.4) is 0 Å². The number of methoxy groups -OCH3 is 3. The molecule has 0 aliphatic rings. The Balaban J connectivity index is 2.26. The largest absolute Gasteiger partial charge is 0.351 e. The molecule has 0 saturated carbocycles. The molecule has 2 unspecified atom stereocenters. The molecule has 172 valence electrons. The fourth-order valence-electron chi connectivity index (χ4n) is 3.60. The van der Waals surface area contributed by atoms with Crippen LogP contribution in [0.15, 0.2) is 91.0 Å². The van der Waals surface area contributed by atoms with E-state index in [1.165, 1.54) is 21.3 Å². The third-order valence-corrected chi connectivity index (χ3v) is 5.70. The van der Waals surface area contributed by atoms with E-state index in [0.29, 0.717) is 5.56 Å². The van der Waals surface area contributed by atoms with Crippen LogP contribution in [0.4, 0.5) is 0 Å². The molecule has 3 aromatic rings. The van der Waals surface area contributed by atoms with Crippen molar-refractivity contribution >= 4 is 0 Å². The highest BCUT2D eigenvalue weighted by Gasteiger charge is 2.34. The maximum atomic E-state index is 5.97. The van der Waals surface area contributed by atoms with E-state index in [-0.39, 0.29) is 0 Å². The maximum Gasteiger partial charge on any atom is 0.216 e. The molecule has 2 atom stereocenters. The standard InChI is InChI=1S/C32H26O3/c1-6-30(33-3,27-17-11-8-12-18-27)23-25-32(35-5,29-21-15-10-16-22-29)26-24-31(7-2,34-4)28-19-13-9-14-20-28/h1-2,8-22H,3-5H3. The van der Waals surface area contributed by atoms with Crippen molar-refractivity contribution in [1.29, 1.82) is 0 Å². The van der Waals surface area contributed by atoms with Crippen LogP contribution in [0.1, 0.15) is 16.7 Å². The topological polar surface area (TPSA) is 27.7 Å². The first kappa shape index (κ1) is 25.4. The van der Waals surface area contributed by atoms with Gasteiger partial charge in [-0.05, 0) is 23.7 Å². The normalized spacial score (nSPS) is 15.2. The van der Waals surface area contributed by atoms with Gasteiger partial charge >= 0.3 is 0 Å². The summed E-state index contributed by atoms with van der Waals surface area (Å²) in [4.78, 5) is 0. The Morgan fingerprint density at radius 3 is 0.971 bits per heavy atom. The van der Waals surface area contributed by atoms with Gasteiger partial charge in [0.25, 0.3) is 0 Å². The van der Waals surface area contributed by atoms with Crippen LogP contribution in [0, 0.1) is 48.4 Å². The summed E-state index contributed by atoms with van der Waals surface area (Å²) in [6.45, 7) is 0. The molecule has 0 heterocycles. The van der Waals surface area contributed by atoms with Gasteiger partial charge in [0.2, 0.25) is 16.8 Å². The van der Waals surface area contributed by atoms with Crippen LogP contribution >= 0.6 is 0 Å². The summed E-state index contributed by atoms with van der Waals surface area (Å²) in [6, 6.07) is 28.2. The maximum absolute atomic E-state index is 5.97. The lowest BCUT2D eigenvalue weighted by molar-refractivity contribution is 0.0762. The molecule has 3 heteroatoms. The van der Waals surface area contributed by atoms with E-state index in [4.69, 9.17) is 27.1 Å². The second kappa shape index (κ2) is 11.3. The fraction of sp³-hybridized carbons (Fsp3) is 0.188. The van der Waals surface area contributed by atoms with Crippen LogP contribution in [-0.2, 0) is 31.0 Å². The lowest BCUT2D eigenvalue weighted by atomic mass is 9.88. The Kier molecular flexibility index (Phi) is 8.18. The predicted molar refractivity (Wildman–Crippen MR) is 139 cm³/mol. The van der Waals surface area contributed by atoms with E-state index < -0.39 is 16.8 Å². The number of rotatable bonds is 6. The molecule has 0 spiro atoms. The zero-order valence-corrected chi connectivity index (χ0v) is 20.0. The molecule has 0 N–H and O–H groups in total. The van der Waals surface area contributed by atoms with Crippen LogP contribution < -0.4 is 0 Å². The van der Waals surface area contributed by atoms with Gasteiger partial charge in [0.1, 0.15) is 0 Å². The van der Waals surface area contributed by atoms with Crippen molar-refractivity contribution in [3.8, 4) is 48.4 Å². The fourth-order valence-corrected chi connectivity index (χ4v) is 3.60. The molecule has 0 bridgehead atoms. The third kappa shape index (κ3) is 5.15. The third-order valence-electron chi connectivity index (χ3n) is 5.70. The zero-order valence-electron chi connectivity index (χ0n) is 20.0. The number of hydrogen-bond acceptors (Lipinski definition) is 3. The van der Waals surface area contributed by atoms with Gasteiger partial charge in [-0.25, -0.2) is 0 Å². The highest BCUT2D eigenvalue weighted by atomic mass is 16.5. The molecule has 35 heavy (non-hydrogen) atoms. The average Bonchev–Trinajstić information content (AvgIpc) is 2.95. The molecule has 0 amide bonds. The van der Waals surface area contributed by atoms with E-state index in [9.17, 15) is 0 Å². The van der Waals surface area contributed by atoms with Crippen LogP contribution in [-0.4, -0.2) is 21.3 Å². The summed E-state index contributed by atoms with van der Waals surface area (Å²) in [7, 11) is 4.58. The minimum Gasteiger partial charge on any atom is -0.351 e. The van der Waals surface area contributed by atoms with Gasteiger partial charge in [0.15, 0.2) is 0 Å². The summed E-state index contributed by atoms with van der Waals surface area (Å²) in [5, 5.41) is 0. The molecule has 3 nitrogen and oxygen atoms in total. The molecular weight excluding hydrogens is 432 g/mol. The Hall–Kier alpha value is -4.22. The van der Waals surface area contributed by atoms with Gasteiger partial charge in [-0.15, -0.1) is 12.8 Å². The summed E-state index contributed by atoms with van der Waals surface area (Å²) < 4.78 is 17.4. The van der Waals surface area contributed by atoms with Crippen molar-refractivity contribution in [3.63, 3.8) is 0 Å². The molecule has 0 fully saturated rings. The summed E-state index contributed by atoms with van der Waals surface area (Å²) in [5.74, 6) is 18.0. The van der Waals surface area contributed by atoms with Crippen molar-refractivity contribution in [2.75, 3.05) is 21.3 Å². The molecule has 0 radical (unpaired) electrons. The second-order valence-electron chi connectivity index (χ2n) is 7.54. The Morgan fingerprint density at radius 2 is 0.714 bits per heavy atom. The molecule has 0 aliphatic heterocycles. The molecule has 0 saturated heterocycles. The first-order valence-electron chi connectivity index (χ1n) is 10.9. The summed E-state index contributed by atoms with van der Waals surface area (Å²) >= 11 is 0. The number of terminal acetylenes is 2. The SMILES string of the molecule is C#CC(C#CC(C#CC(C#C)(OC)c1ccccc1)(OC)c1ccccc1)(OC)c1ccccc1. The van der Waals surface area contributed by atoms with Crippen molar-refractivity contribution < 1.29 is 14.2 Å². The van der Waals surface area contributed by atoms with Gasteiger partial charge in [-0.1, -0.05) is 103 Å². The predicted octanol–water partition coefficient (Wildman–Crippen LogP) is 4.89. The van der Waals surface area contributed by atoms with Crippen molar-refractivity contribution in [1.82, 2.24) is 0 Å². The lowest BCUT2D eigenvalue weighted by Gasteiger charge is -2.26. The molecule has 3 aromatic carbocycles. The molecule has 0 aliphatic carbocycles. The smallest absolute Gasteiger partial charge is 0.216 e. The minimum atomic E-state index is -1.37. The van der Waals surface area contributed by atoms with Crippen molar-refractivity contribution in [2.45, 2.75) is 16.8 Å². The van der Waals surface area contributed by atoms with E-state index in [1.54, 1.807) is 0 Å². The van der Waals surface area contributed by atoms with Crippen LogP contribution in [0.2, 0.25) is 0 Å². The second-order valence-corrected chi connectivity index (χ2v) is 7.54. The van der Waals surface area contributed by atoms with Crippen molar-refractivity contribution in [2.24, 2.45) is 0 Å². The Bertz CT molecular complexity index is 1240. The van der Waals surface area contributed by atoms with E-state index in [0.717, 1.165) is 11.1 Å². The minimum absolute atomic E-state index is 0.715. The highest BCUT2D eigenvalue weighted by Crippen LogP contribution is 2.30. The first-order valence-corrected chi connectivity index (χ1v) is 10.9. The van der Waals surface area contributed by atoms with Gasteiger partial charge in [-0.3, -0.25) is 0 Å². The first-order chi connectivity index (χ1) is 17.0. The average molecular weight is 459 g/mol. The summed E-state index contributed by atoms with van der Waals surface area (Å²) in [5.41, 5.74) is -1.80. The quantitative estimate of drug-likeness (QED) is 0.493. The highest BCUT2D eigenvalue weighted by molar-refractivity contribution is 5.50. The van der Waals surface area contributed by atoms with Gasteiger partial charge < -0.3 is 14.2 Å². The number of benzene rings is 3. The van der Waals surface area contributed by atoms with Gasteiger partial charge in [0, 0.05) is 38.0 Å². The Labute approximate surface area is 208 Å². The van der Waals surface area contributed by atoms with Gasteiger partial charge in [0.05, 0.1) is 0 Å². The Morgan fingerprint density at radius 1 is 0.457 bits per heavy atom. The van der Waals surface area contributed by atoms with Crippen molar-refractivity contribution in [3.05, 3.63) is 108 Å². The number of hydrogen-bond donors (Lipinski definition) is 0. The number of ether oxygens (including phenoxy) is 3. The van der Waals surface area contributed by atoms with Crippen LogP contribution in [0.25, 0.3) is 0 Å². The molecular formula is C32H26O3. The zero-order chi connectivity index (χ0) is 25.2. The lowest BCUT2D eigenvalue weighted by Crippen LogP contribution is -2.30. The molecule has 0 aromatic heterocycles. The molecule has 3 rings (SSSR count). The van der Waals surface area contributed by atoms with E-state index in [1.807, 2.05) is 91.0 Å².